The number of hydrogen-bond acceptors (Lipinski definition) is 5. The largest absolute Gasteiger partial charge is 0.573 e. The Bertz CT molecular complexity index is 1110. The fourth-order valence-corrected chi connectivity index (χ4v) is 2.86. The molecule has 1 aromatic heterocycles. The quantitative estimate of drug-likeness (QED) is 0.584. The molecule has 2 aromatic carbocycles. The molecule has 0 fully saturated rings. The molecule has 0 unspecified atom stereocenters. The van der Waals surface area contributed by atoms with Gasteiger partial charge in [0.05, 0.1) is 12.0 Å². The van der Waals surface area contributed by atoms with Crippen molar-refractivity contribution in [3.8, 4) is 11.5 Å². The average Bonchev–Trinajstić information content (AvgIpc) is 2.72. The number of nitrogens with zero attached hydrogens (tertiary/aromatic N) is 1. The predicted molar refractivity (Wildman–Crippen MR) is 107 cm³/mol. The summed E-state index contributed by atoms with van der Waals surface area (Å²) < 4.78 is 52.4. The van der Waals surface area contributed by atoms with Crippen LogP contribution in [0.1, 0.15) is 0 Å². The molecule has 1 N–H and O–H groups in total. The highest BCUT2D eigenvalue weighted by Gasteiger charge is 2.30. The molecule has 31 heavy (non-hydrogen) atoms. The second-order valence-corrected chi connectivity index (χ2v) is 6.43. The SMILES string of the molecule is COCCn1ccc2c(OCC(=O)Nc3ccc(OC(F)(F)F)cc3)cccc2c1=O. The van der Waals surface area contributed by atoms with Crippen LogP contribution in [0.25, 0.3) is 10.8 Å². The Labute approximate surface area is 174 Å². The molecule has 3 rings (SSSR count). The van der Waals surface area contributed by atoms with E-state index in [1.165, 1.54) is 16.7 Å². The van der Waals surface area contributed by atoms with Crippen molar-refractivity contribution >= 4 is 22.4 Å². The third kappa shape index (κ3) is 5.98. The molecule has 1 heterocycles. The number of anilines is 1. The summed E-state index contributed by atoms with van der Waals surface area (Å²) in [4.78, 5) is 24.7. The first kappa shape index (κ1) is 22.2. The molecule has 7 nitrogen and oxygen atoms in total. The Kier molecular flexibility index (Phi) is 6.81. The van der Waals surface area contributed by atoms with Gasteiger partial charge in [0.15, 0.2) is 6.61 Å². The predicted octanol–water partition coefficient (Wildman–Crippen LogP) is 3.56. The van der Waals surface area contributed by atoms with Gasteiger partial charge in [0.25, 0.3) is 11.5 Å². The lowest BCUT2D eigenvalue weighted by Gasteiger charge is -2.12. The van der Waals surface area contributed by atoms with E-state index in [0.717, 1.165) is 12.1 Å². The van der Waals surface area contributed by atoms with Gasteiger partial charge in [0, 0.05) is 30.9 Å². The van der Waals surface area contributed by atoms with Gasteiger partial charge in [-0.05, 0) is 42.5 Å². The normalized spacial score (nSPS) is 11.4. The Morgan fingerprint density at radius 3 is 2.48 bits per heavy atom. The van der Waals surface area contributed by atoms with Crippen molar-refractivity contribution in [2.24, 2.45) is 0 Å². The molecule has 0 atom stereocenters. The Morgan fingerprint density at radius 2 is 1.81 bits per heavy atom. The minimum absolute atomic E-state index is 0.203. The molecule has 3 aromatic rings. The lowest BCUT2D eigenvalue weighted by Crippen LogP contribution is -2.22. The summed E-state index contributed by atoms with van der Waals surface area (Å²) in [6.07, 6.45) is -3.16. The summed E-state index contributed by atoms with van der Waals surface area (Å²) in [5.74, 6) is -0.554. The molecular formula is C21H19F3N2O5. The first-order valence-corrected chi connectivity index (χ1v) is 9.16. The van der Waals surface area contributed by atoms with Gasteiger partial charge >= 0.3 is 6.36 Å². The van der Waals surface area contributed by atoms with Crippen LogP contribution in [0, 0.1) is 0 Å². The van der Waals surface area contributed by atoms with E-state index in [1.807, 2.05) is 0 Å². The van der Waals surface area contributed by atoms with Crippen molar-refractivity contribution in [3.63, 3.8) is 0 Å². The summed E-state index contributed by atoms with van der Waals surface area (Å²) in [5.41, 5.74) is 0.0766. The summed E-state index contributed by atoms with van der Waals surface area (Å²) in [7, 11) is 1.55. The number of alkyl halides is 3. The molecule has 0 aliphatic heterocycles. The number of nitrogens with one attached hydrogen (secondary N) is 1. The number of benzene rings is 2. The van der Waals surface area contributed by atoms with Crippen LogP contribution >= 0.6 is 0 Å². The van der Waals surface area contributed by atoms with Crippen LogP contribution in [0.4, 0.5) is 18.9 Å². The number of amides is 1. The van der Waals surface area contributed by atoms with Crippen molar-refractivity contribution in [1.82, 2.24) is 4.57 Å². The minimum atomic E-state index is -4.79. The molecule has 10 heteroatoms. The maximum atomic E-state index is 12.6. The Balaban J connectivity index is 1.65. The number of hydrogen-bond donors (Lipinski definition) is 1. The number of ether oxygens (including phenoxy) is 3. The van der Waals surface area contributed by atoms with E-state index in [2.05, 4.69) is 10.1 Å². The van der Waals surface area contributed by atoms with Crippen molar-refractivity contribution in [1.29, 1.82) is 0 Å². The molecule has 0 spiro atoms. The van der Waals surface area contributed by atoms with Crippen molar-refractivity contribution in [2.75, 3.05) is 25.6 Å². The van der Waals surface area contributed by atoms with E-state index in [1.54, 1.807) is 37.6 Å². The number of rotatable bonds is 8. The molecule has 0 aliphatic carbocycles. The molecule has 0 saturated heterocycles. The second kappa shape index (κ2) is 9.52. The monoisotopic (exact) mass is 436 g/mol. The molecule has 0 radical (unpaired) electrons. The molecule has 164 valence electrons. The van der Waals surface area contributed by atoms with Gasteiger partial charge in [0.1, 0.15) is 11.5 Å². The van der Waals surface area contributed by atoms with E-state index in [9.17, 15) is 22.8 Å². The zero-order valence-corrected chi connectivity index (χ0v) is 16.4. The van der Waals surface area contributed by atoms with Gasteiger partial charge < -0.3 is 24.1 Å². The van der Waals surface area contributed by atoms with Gasteiger partial charge in [-0.25, -0.2) is 0 Å². The lowest BCUT2D eigenvalue weighted by atomic mass is 10.1. The van der Waals surface area contributed by atoms with E-state index in [4.69, 9.17) is 9.47 Å². The van der Waals surface area contributed by atoms with E-state index in [-0.39, 0.29) is 17.9 Å². The minimum Gasteiger partial charge on any atom is -0.483 e. The fraction of sp³-hybridized carbons (Fsp3) is 0.238. The number of pyridine rings is 1. The third-order valence-electron chi connectivity index (χ3n) is 4.25. The maximum absolute atomic E-state index is 12.6. The summed E-state index contributed by atoms with van der Waals surface area (Å²) >= 11 is 0. The van der Waals surface area contributed by atoms with Crippen LogP contribution in [-0.4, -0.2) is 37.2 Å². The number of methoxy groups -OCH3 is 1. The first-order chi connectivity index (χ1) is 14.8. The molecule has 0 aliphatic rings. The molecular weight excluding hydrogens is 417 g/mol. The van der Waals surface area contributed by atoms with Crippen LogP contribution < -0.4 is 20.3 Å². The van der Waals surface area contributed by atoms with Gasteiger partial charge in [-0.2, -0.15) is 0 Å². The number of aromatic nitrogens is 1. The van der Waals surface area contributed by atoms with Crippen molar-refractivity contribution in [2.45, 2.75) is 12.9 Å². The molecule has 1 amide bonds. The maximum Gasteiger partial charge on any atom is 0.573 e. The summed E-state index contributed by atoms with van der Waals surface area (Å²) in [6, 6.07) is 11.4. The highest BCUT2D eigenvalue weighted by atomic mass is 19.4. The van der Waals surface area contributed by atoms with Gasteiger partial charge in [-0.15, -0.1) is 13.2 Å². The zero-order valence-electron chi connectivity index (χ0n) is 16.4. The van der Waals surface area contributed by atoms with E-state index in [0.29, 0.717) is 29.7 Å². The molecule has 0 saturated carbocycles. The number of carbonyl (C=O) groups is 1. The topological polar surface area (TPSA) is 78.8 Å². The van der Waals surface area contributed by atoms with Gasteiger partial charge in [0.2, 0.25) is 0 Å². The highest BCUT2D eigenvalue weighted by Crippen LogP contribution is 2.25. The number of halogens is 3. The third-order valence-corrected chi connectivity index (χ3v) is 4.25. The average molecular weight is 436 g/mol. The number of fused-ring (bicyclic) bond motifs is 1. The van der Waals surface area contributed by atoms with Crippen molar-refractivity contribution < 1.29 is 32.2 Å². The van der Waals surface area contributed by atoms with Gasteiger partial charge in [-0.1, -0.05) is 6.07 Å². The van der Waals surface area contributed by atoms with E-state index >= 15 is 0 Å². The van der Waals surface area contributed by atoms with Gasteiger partial charge in [-0.3, -0.25) is 9.59 Å². The standard InChI is InChI=1S/C21H19F3N2O5/c1-29-12-11-26-10-9-16-17(20(26)28)3-2-4-18(16)30-13-19(27)25-14-5-7-15(8-6-14)31-21(22,23)24/h2-10H,11-13H2,1H3,(H,25,27). The highest BCUT2D eigenvalue weighted by molar-refractivity contribution is 5.92. The van der Waals surface area contributed by atoms with E-state index < -0.39 is 18.0 Å². The first-order valence-electron chi connectivity index (χ1n) is 9.16. The zero-order chi connectivity index (χ0) is 22.4. The summed E-state index contributed by atoms with van der Waals surface area (Å²) in [5, 5.41) is 3.51. The summed E-state index contributed by atoms with van der Waals surface area (Å²) in [6.45, 7) is 0.448. The molecule has 0 bridgehead atoms. The lowest BCUT2D eigenvalue weighted by molar-refractivity contribution is -0.274. The van der Waals surface area contributed by atoms with Crippen LogP contribution in [0.5, 0.6) is 11.5 Å². The fourth-order valence-electron chi connectivity index (χ4n) is 2.86. The van der Waals surface area contributed by atoms with Crippen LogP contribution in [-0.2, 0) is 16.1 Å². The smallest absolute Gasteiger partial charge is 0.483 e. The van der Waals surface area contributed by atoms with Crippen molar-refractivity contribution in [3.05, 3.63) is 65.1 Å². The van der Waals surface area contributed by atoms with Crippen LogP contribution in [0.2, 0.25) is 0 Å². The number of carbonyl (C=O) groups excluding carboxylic acids is 1. The second-order valence-electron chi connectivity index (χ2n) is 6.43. The Morgan fingerprint density at radius 1 is 1.06 bits per heavy atom. The van der Waals surface area contributed by atoms with Crippen LogP contribution in [0.15, 0.2) is 59.5 Å². The van der Waals surface area contributed by atoms with Crippen LogP contribution in [0.3, 0.4) is 0 Å². The Hall–Kier alpha value is -3.53.